The minimum atomic E-state index is -1.26. The number of carbonyl (C=O) groups is 4. The molecule has 1 atom stereocenters. The van der Waals surface area contributed by atoms with E-state index in [-0.39, 0.29) is 54.8 Å². The third kappa shape index (κ3) is 9.78. The number of fused-ring (bicyclic) bond motifs is 1. The number of carboxylic acids is 1. The Morgan fingerprint density at radius 3 is 2.20 bits per heavy atom. The van der Waals surface area contributed by atoms with Gasteiger partial charge in [0, 0.05) is 37.7 Å². The van der Waals surface area contributed by atoms with Gasteiger partial charge in [-0.25, -0.2) is 4.79 Å². The SMILES string of the molecule is Cc1ccc(CCCC(=O)NCCNC(=O)CC[C@H](NC(=O)c2ccc(CCc3c[nH]c4nc(N)[nH]c(=O)c34)cc2)C(=O)O)cc1. The number of nitrogen functional groups attached to an aromatic ring is 1. The highest BCUT2D eigenvalue weighted by atomic mass is 16.4. The zero-order valence-electron chi connectivity index (χ0n) is 25.7. The zero-order valence-corrected chi connectivity index (χ0v) is 25.7. The van der Waals surface area contributed by atoms with E-state index >= 15 is 0 Å². The van der Waals surface area contributed by atoms with Crippen molar-refractivity contribution in [2.24, 2.45) is 0 Å². The van der Waals surface area contributed by atoms with Crippen molar-refractivity contribution in [2.75, 3.05) is 18.8 Å². The molecule has 2 heterocycles. The largest absolute Gasteiger partial charge is 0.480 e. The molecule has 0 saturated heterocycles. The van der Waals surface area contributed by atoms with Gasteiger partial charge in [-0.1, -0.05) is 42.0 Å². The summed E-state index contributed by atoms with van der Waals surface area (Å²) in [4.78, 5) is 70.6. The number of aromatic amines is 2. The Morgan fingerprint density at radius 1 is 0.891 bits per heavy atom. The highest BCUT2D eigenvalue weighted by Crippen LogP contribution is 2.16. The number of rotatable bonds is 16. The van der Waals surface area contributed by atoms with Crippen LogP contribution in [0.5, 0.6) is 0 Å². The van der Waals surface area contributed by atoms with Gasteiger partial charge >= 0.3 is 5.97 Å². The fourth-order valence-corrected chi connectivity index (χ4v) is 4.98. The monoisotopic (exact) mass is 629 g/mol. The predicted octanol–water partition coefficient (Wildman–Crippen LogP) is 2.15. The van der Waals surface area contributed by atoms with Crippen LogP contribution in [-0.4, -0.2) is 62.9 Å². The molecule has 0 bridgehead atoms. The quantitative estimate of drug-likeness (QED) is 0.0910. The van der Waals surface area contributed by atoms with Gasteiger partial charge in [0.15, 0.2) is 0 Å². The van der Waals surface area contributed by atoms with E-state index < -0.39 is 17.9 Å². The molecule has 0 unspecified atom stereocenters. The summed E-state index contributed by atoms with van der Waals surface area (Å²) in [7, 11) is 0. The minimum Gasteiger partial charge on any atom is -0.480 e. The topological polar surface area (TPSA) is 212 Å². The number of carbonyl (C=O) groups excluding carboxylic acids is 3. The number of benzene rings is 2. The molecule has 0 spiro atoms. The minimum absolute atomic E-state index is 0.0335. The Balaban J connectivity index is 1.14. The Kier molecular flexibility index (Phi) is 11.6. The number of nitrogens with one attached hydrogen (secondary N) is 5. The van der Waals surface area contributed by atoms with Crippen LogP contribution in [0.15, 0.2) is 59.5 Å². The second-order valence-corrected chi connectivity index (χ2v) is 11.1. The highest BCUT2D eigenvalue weighted by Gasteiger charge is 2.22. The lowest BCUT2D eigenvalue weighted by atomic mass is 10.0. The van der Waals surface area contributed by atoms with Crippen LogP contribution in [0.2, 0.25) is 0 Å². The Labute approximate surface area is 265 Å². The second-order valence-electron chi connectivity index (χ2n) is 11.1. The van der Waals surface area contributed by atoms with Gasteiger partial charge in [0.05, 0.1) is 5.39 Å². The van der Waals surface area contributed by atoms with Crippen molar-refractivity contribution in [1.29, 1.82) is 0 Å². The third-order valence-corrected chi connectivity index (χ3v) is 7.56. The maximum atomic E-state index is 12.7. The third-order valence-electron chi connectivity index (χ3n) is 7.56. The molecule has 13 heteroatoms. The molecule has 242 valence electrons. The zero-order chi connectivity index (χ0) is 33.1. The molecule has 2 aromatic carbocycles. The second kappa shape index (κ2) is 16.0. The van der Waals surface area contributed by atoms with Crippen LogP contribution >= 0.6 is 0 Å². The first-order valence-corrected chi connectivity index (χ1v) is 15.2. The van der Waals surface area contributed by atoms with E-state index in [1.165, 1.54) is 11.1 Å². The summed E-state index contributed by atoms with van der Waals surface area (Å²) >= 11 is 0. The van der Waals surface area contributed by atoms with Gasteiger partial charge in [0.2, 0.25) is 17.8 Å². The number of anilines is 1. The highest BCUT2D eigenvalue weighted by molar-refractivity contribution is 5.96. The fraction of sp³-hybridized carbons (Fsp3) is 0.333. The molecule has 4 aromatic rings. The average Bonchev–Trinajstić information content (AvgIpc) is 3.44. The van der Waals surface area contributed by atoms with E-state index in [4.69, 9.17) is 5.73 Å². The molecule has 4 rings (SSSR count). The molecule has 0 fully saturated rings. The predicted molar refractivity (Wildman–Crippen MR) is 173 cm³/mol. The lowest BCUT2D eigenvalue weighted by molar-refractivity contribution is -0.139. The Bertz CT molecular complexity index is 1730. The number of amides is 3. The van der Waals surface area contributed by atoms with E-state index in [0.717, 1.165) is 24.0 Å². The van der Waals surface area contributed by atoms with Gasteiger partial charge < -0.3 is 31.8 Å². The Hall–Kier alpha value is -5.46. The molecule has 46 heavy (non-hydrogen) atoms. The van der Waals surface area contributed by atoms with Crippen LogP contribution in [0, 0.1) is 6.92 Å². The molecule has 8 N–H and O–H groups in total. The van der Waals surface area contributed by atoms with Crippen LogP contribution < -0.4 is 27.2 Å². The van der Waals surface area contributed by atoms with Crippen molar-refractivity contribution in [2.45, 2.75) is 57.9 Å². The smallest absolute Gasteiger partial charge is 0.326 e. The van der Waals surface area contributed by atoms with E-state index in [1.54, 1.807) is 30.5 Å². The summed E-state index contributed by atoms with van der Waals surface area (Å²) in [5, 5.41) is 17.9. The molecule has 3 amide bonds. The number of hydrogen-bond donors (Lipinski definition) is 7. The van der Waals surface area contributed by atoms with Crippen LogP contribution in [0.3, 0.4) is 0 Å². The lowest BCUT2D eigenvalue weighted by Crippen LogP contribution is -2.42. The maximum absolute atomic E-state index is 12.7. The van der Waals surface area contributed by atoms with Gasteiger partial charge in [0.25, 0.3) is 11.5 Å². The van der Waals surface area contributed by atoms with Crippen molar-refractivity contribution in [3.8, 4) is 0 Å². The molecule has 0 aliphatic rings. The molecule has 0 aliphatic heterocycles. The van der Waals surface area contributed by atoms with Gasteiger partial charge in [-0.3, -0.25) is 24.2 Å². The molecular formula is C33H39N7O6. The van der Waals surface area contributed by atoms with Crippen LogP contribution in [-0.2, 0) is 33.6 Å². The van der Waals surface area contributed by atoms with Crippen LogP contribution in [0.1, 0.15) is 58.3 Å². The molecule has 2 aromatic heterocycles. The van der Waals surface area contributed by atoms with Gasteiger partial charge in [-0.15, -0.1) is 0 Å². The Morgan fingerprint density at radius 2 is 1.52 bits per heavy atom. The van der Waals surface area contributed by atoms with Gasteiger partial charge in [-0.2, -0.15) is 4.98 Å². The number of carboxylic acid groups (broad SMARTS) is 1. The lowest BCUT2D eigenvalue weighted by Gasteiger charge is -2.15. The standard InChI is InChI=1S/C33H39N7O6/c1-20-5-7-21(8-6-20)3-2-4-26(41)35-17-18-36-27(42)16-15-25(32(45)46)38-30(43)23-12-9-22(10-13-23)11-14-24-19-37-29-28(24)31(44)40-33(34)39-29/h5-10,12-13,19,25H,2-4,11,14-18H2,1H3,(H,35,41)(H,36,42)(H,38,43)(H,45,46)(H4,34,37,39,40,44)/t25-/m0/s1. The molecular weight excluding hydrogens is 590 g/mol. The summed E-state index contributed by atoms with van der Waals surface area (Å²) < 4.78 is 0. The van der Waals surface area contributed by atoms with Crippen molar-refractivity contribution in [1.82, 2.24) is 30.9 Å². The number of aliphatic carboxylic acids is 1. The van der Waals surface area contributed by atoms with Crippen LogP contribution in [0.25, 0.3) is 11.0 Å². The van der Waals surface area contributed by atoms with Crippen molar-refractivity contribution >= 4 is 40.7 Å². The summed E-state index contributed by atoms with van der Waals surface area (Å²) in [5.41, 5.74) is 10.0. The first-order chi connectivity index (χ1) is 22.1. The molecule has 0 radical (unpaired) electrons. The van der Waals surface area contributed by atoms with Crippen molar-refractivity contribution < 1.29 is 24.3 Å². The van der Waals surface area contributed by atoms with E-state index in [9.17, 15) is 29.1 Å². The number of nitrogens with zero attached hydrogens (tertiary/aromatic N) is 1. The summed E-state index contributed by atoms with van der Waals surface area (Å²) in [6, 6.07) is 13.6. The number of hydrogen-bond acceptors (Lipinski definition) is 7. The molecule has 13 nitrogen and oxygen atoms in total. The summed E-state index contributed by atoms with van der Waals surface area (Å²) in [5.74, 6) is -2.27. The average molecular weight is 630 g/mol. The van der Waals surface area contributed by atoms with E-state index in [2.05, 4.69) is 43.0 Å². The van der Waals surface area contributed by atoms with Crippen molar-refractivity contribution in [3.63, 3.8) is 0 Å². The first-order valence-electron chi connectivity index (χ1n) is 15.2. The fourth-order valence-electron chi connectivity index (χ4n) is 4.98. The number of H-pyrrole nitrogens is 2. The normalized spacial score (nSPS) is 11.6. The molecule has 0 aliphatic carbocycles. The van der Waals surface area contributed by atoms with Crippen molar-refractivity contribution in [3.05, 3.63) is 92.9 Å². The van der Waals surface area contributed by atoms with Gasteiger partial charge in [-0.05, 0) is 67.9 Å². The van der Waals surface area contributed by atoms with E-state index in [1.807, 2.05) is 19.1 Å². The number of nitrogens with two attached hydrogens (primary N) is 1. The van der Waals surface area contributed by atoms with E-state index in [0.29, 0.717) is 30.3 Å². The maximum Gasteiger partial charge on any atom is 0.326 e. The summed E-state index contributed by atoms with van der Waals surface area (Å²) in [6.45, 7) is 2.50. The number of aromatic nitrogens is 3. The molecule has 0 saturated carbocycles. The summed E-state index contributed by atoms with van der Waals surface area (Å²) in [6.07, 6.45) is 4.55. The van der Waals surface area contributed by atoms with Gasteiger partial charge in [0.1, 0.15) is 11.7 Å². The first kappa shape index (κ1) is 33.4. The van der Waals surface area contributed by atoms with Crippen LogP contribution in [0.4, 0.5) is 5.95 Å². The number of aryl methyl sites for hydroxylation is 4.